The Balaban J connectivity index is 0.00000117. The smallest absolute Gasteiger partial charge is 0.335 e. The van der Waals surface area contributed by atoms with E-state index in [1.165, 1.54) is 12.4 Å². The molecule has 2 aromatic carbocycles. The molecule has 134 valence electrons. The van der Waals surface area contributed by atoms with Crippen molar-refractivity contribution in [1.29, 1.82) is 0 Å². The lowest BCUT2D eigenvalue weighted by atomic mass is 10.1. The van der Waals surface area contributed by atoms with Gasteiger partial charge in [0.05, 0.1) is 12.2 Å². The number of hydrogen-bond donors (Lipinski definition) is 1. The molecule has 0 saturated heterocycles. The van der Waals surface area contributed by atoms with Crippen LogP contribution in [0.2, 0.25) is 0 Å². The number of rotatable bonds is 5. The fourth-order valence-corrected chi connectivity index (χ4v) is 2.23. The van der Waals surface area contributed by atoms with Crippen LogP contribution in [0.4, 0.5) is 0 Å². The van der Waals surface area contributed by atoms with E-state index in [1.807, 2.05) is 45.0 Å². The average molecular weight is 351 g/mol. The van der Waals surface area contributed by atoms with Crippen molar-refractivity contribution in [3.63, 3.8) is 0 Å². The highest BCUT2D eigenvalue weighted by Gasteiger charge is 2.09. The highest BCUT2D eigenvalue weighted by Crippen LogP contribution is 2.22. The van der Waals surface area contributed by atoms with Crippen LogP contribution in [0.1, 0.15) is 31.1 Å². The first-order valence-electron chi connectivity index (χ1n) is 8.43. The first-order valence-corrected chi connectivity index (χ1v) is 8.43. The minimum Gasteiger partial charge on any atom is -0.494 e. The molecule has 3 aromatic rings. The van der Waals surface area contributed by atoms with Crippen LogP contribution in [0.15, 0.2) is 54.9 Å². The van der Waals surface area contributed by atoms with Crippen LogP contribution in [0.5, 0.6) is 5.75 Å². The van der Waals surface area contributed by atoms with Crippen LogP contribution >= 0.6 is 0 Å². The van der Waals surface area contributed by atoms with Gasteiger partial charge in [-0.15, -0.1) is 0 Å². The van der Waals surface area contributed by atoms with E-state index in [2.05, 4.69) is 15.0 Å². The molecule has 0 atom stereocenters. The first-order chi connectivity index (χ1) is 12.7. The number of carboxylic acid groups (broad SMARTS) is 1. The molecule has 0 amide bonds. The molecule has 0 saturated carbocycles. The Morgan fingerprint density at radius 1 is 1.00 bits per heavy atom. The van der Waals surface area contributed by atoms with Crippen molar-refractivity contribution in [3.8, 4) is 28.5 Å². The fraction of sp³-hybridized carbons (Fsp3) is 0.200. The van der Waals surface area contributed by atoms with E-state index in [0.717, 1.165) is 11.3 Å². The first kappa shape index (κ1) is 19.1. The van der Waals surface area contributed by atoms with E-state index in [0.29, 0.717) is 23.8 Å². The lowest BCUT2D eigenvalue weighted by Crippen LogP contribution is -1.99. The van der Waals surface area contributed by atoms with Gasteiger partial charge in [0.15, 0.2) is 11.6 Å². The summed E-state index contributed by atoms with van der Waals surface area (Å²) in [5.41, 5.74) is 1.65. The minimum atomic E-state index is -0.988. The summed E-state index contributed by atoms with van der Waals surface area (Å²) in [5, 5.41) is 9.09. The Morgan fingerprint density at radius 2 is 1.65 bits per heavy atom. The van der Waals surface area contributed by atoms with E-state index in [4.69, 9.17) is 9.84 Å². The molecule has 0 aliphatic rings. The van der Waals surface area contributed by atoms with Gasteiger partial charge in [0, 0.05) is 11.1 Å². The Kier molecular flexibility index (Phi) is 6.79. The second-order valence-corrected chi connectivity index (χ2v) is 4.98. The van der Waals surface area contributed by atoms with Crippen LogP contribution in [0.25, 0.3) is 22.8 Å². The fourth-order valence-electron chi connectivity index (χ4n) is 2.23. The minimum absolute atomic E-state index is 0.190. The van der Waals surface area contributed by atoms with Gasteiger partial charge in [-0.3, -0.25) is 0 Å². The summed E-state index contributed by atoms with van der Waals surface area (Å²) in [6.07, 6.45) is 1.42. The van der Waals surface area contributed by atoms with E-state index in [9.17, 15) is 4.79 Å². The normalized spacial score (nSPS) is 9.81. The van der Waals surface area contributed by atoms with Gasteiger partial charge in [-0.05, 0) is 43.3 Å². The number of carbonyl (C=O) groups is 1. The summed E-state index contributed by atoms with van der Waals surface area (Å²) in [7, 11) is 0. The Hall–Kier alpha value is -3.28. The van der Waals surface area contributed by atoms with E-state index < -0.39 is 5.97 Å². The van der Waals surface area contributed by atoms with Crippen molar-refractivity contribution >= 4 is 5.97 Å². The molecule has 0 aliphatic carbocycles. The molecule has 1 aromatic heterocycles. The molecule has 0 unspecified atom stereocenters. The number of nitrogens with zero attached hydrogens (tertiary/aromatic N) is 3. The summed E-state index contributed by atoms with van der Waals surface area (Å²) in [6, 6.07) is 14.0. The molecular weight excluding hydrogens is 330 g/mol. The Labute approximate surface area is 152 Å². The summed E-state index contributed by atoms with van der Waals surface area (Å²) >= 11 is 0. The molecule has 6 nitrogen and oxygen atoms in total. The Morgan fingerprint density at radius 3 is 2.27 bits per heavy atom. The number of carboxylic acids is 1. The molecule has 1 N–H and O–H groups in total. The second kappa shape index (κ2) is 9.27. The molecule has 0 spiro atoms. The van der Waals surface area contributed by atoms with E-state index in [-0.39, 0.29) is 5.56 Å². The molecule has 26 heavy (non-hydrogen) atoms. The van der Waals surface area contributed by atoms with Crippen molar-refractivity contribution in [3.05, 3.63) is 60.4 Å². The summed E-state index contributed by atoms with van der Waals surface area (Å²) in [6.45, 7) is 6.53. The van der Waals surface area contributed by atoms with Crippen molar-refractivity contribution in [1.82, 2.24) is 15.0 Å². The largest absolute Gasteiger partial charge is 0.494 e. The SMILES string of the molecule is CC.CCOc1ccc(-c2ncnc(-c3cccc(C(=O)O)c3)n2)cc1. The third kappa shape index (κ3) is 4.63. The zero-order chi connectivity index (χ0) is 18.9. The van der Waals surface area contributed by atoms with Gasteiger partial charge >= 0.3 is 5.97 Å². The molecule has 0 bridgehead atoms. The Bertz CT molecular complexity index is 864. The summed E-state index contributed by atoms with van der Waals surface area (Å²) in [4.78, 5) is 23.9. The molecule has 1 heterocycles. The van der Waals surface area contributed by atoms with E-state index >= 15 is 0 Å². The lowest BCUT2D eigenvalue weighted by molar-refractivity contribution is 0.0697. The number of ether oxygens (including phenoxy) is 1. The molecule has 6 heteroatoms. The molecule has 0 aliphatic heterocycles. The highest BCUT2D eigenvalue weighted by molar-refractivity contribution is 5.89. The van der Waals surface area contributed by atoms with Gasteiger partial charge in [0.2, 0.25) is 0 Å². The van der Waals surface area contributed by atoms with Gasteiger partial charge in [0.25, 0.3) is 0 Å². The van der Waals surface area contributed by atoms with Crippen molar-refractivity contribution < 1.29 is 14.6 Å². The average Bonchev–Trinajstić information content (AvgIpc) is 2.70. The van der Waals surface area contributed by atoms with Crippen LogP contribution < -0.4 is 4.74 Å². The lowest BCUT2D eigenvalue weighted by Gasteiger charge is -2.06. The van der Waals surface area contributed by atoms with E-state index in [1.54, 1.807) is 18.2 Å². The van der Waals surface area contributed by atoms with Crippen LogP contribution in [-0.4, -0.2) is 32.6 Å². The van der Waals surface area contributed by atoms with Gasteiger partial charge in [0.1, 0.15) is 12.1 Å². The predicted octanol–water partition coefficient (Wildman–Crippen LogP) is 4.33. The van der Waals surface area contributed by atoms with Gasteiger partial charge < -0.3 is 9.84 Å². The number of aromatic carboxylic acids is 1. The van der Waals surface area contributed by atoms with Crippen molar-refractivity contribution in [2.75, 3.05) is 6.61 Å². The molecule has 0 fully saturated rings. The van der Waals surface area contributed by atoms with Gasteiger partial charge in [-0.25, -0.2) is 19.7 Å². The molecule has 0 radical (unpaired) electrons. The second-order valence-electron chi connectivity index (χ2n) is 4.98. The molecule has 3 rings (SSSR count). The monoisotopic (exact) mass is 351 g/mol. The summed E-state index contributed by atoms with van der Waals surface area (Å²) < 4.78 is 5.42. The van der Waals surface area contributed by atoms with Gasteiger partial charge in [-0.2, -0.15) is 0 Å². The predicted molar refractivity (Wildman–Crippen MR) is 100 cm³/mol. The third-order valence-corrected chi connectivity index (χ3v) is 3.36. The van der Waals surface area contributed by atoms with Gasteiger partial charge in [-0.1, -0.05) is 26.0 Å². The number of benzene rings is 2. The van der Waals surface area contributed by atoms with Crippen LogP contribution in [0, 0.1) is 0 Å². The standard InChI is InChI=1S/C18H15N3O3.C2H6/c1-2-24-15-8-6-12(7-9-15)16-19-11-20-17(21-16)13-4-3-5-14(10-13)18(22)23;1-2/h3-11H,2H2,1H3,(H,22,23);1-2H3. The number of hydrogen-bond acceptors (Lipinski definition) is 5. The maximum absolute atomic E-state index is 11.1. The molecular formula is C20H21N3O3. The maximum atomic E-state index is 11.1. The van der Waals surface area contributed by atoms with Crippen LogP contribution in [0.3, 0.4) is 0 Å². The zero-order valence-corrected chi connectivity index (χ0v) is 15.0. The number of aromatic nitrogens is 3. The highest BCUT2D eigenvalue weighted by atomic mass is 16.5. The maximum Gasteiger partial charge on any atom is 0.335 e. The van der Waals surface area contributed by atoms with Crippen molar-refractivity contribution in [2.24, 2.45) is 0 Å². The van der Waals surface area contributed by atoms with Crippen LogP contribution in [-0.2, 0) is 0 Å². The quantitative estimate of drug-likeness (QED) is 0.736. The van der Waals surface area contributed by atoms with Crippen molar-refractivity contribution in [2.45, 2.75) is 20.8 Å². The third-order valence-electron chi connectivity index (χ3n) is 3.36. The zero-order valence-electron chi connectivity index (χ0n) is 15.0. The topological polar surface area (TPSA) is 85.2 Å². The summed E-state index contributed by atoms with van der Waals surface area (Å²) in [5.74, 6) is 0.739.